The number of hydrogen-bond donors (Lipinski definition) is 1. The average molecular weight is 304 g/mol. The van der Waals surface area contributed by atoms with Gasteiger partial charge in [0.2, 0.25) is 0 Å². The number of hydrogen-bond acceptors (Lipinski definition) is 3. The number of thiocarbonyl (C=S) groups is 1. The van der Waals surface area contributed by atoms with Crippen molar-refractivity contribution in [2.45, 2.75) is 31.7 Å². The largest absolute Gasteiger partial charge is 0.389 e. The van der Waals surface area contributed by atoms with Crippen molar-refractivity contribution in [1.82, 2.24) is 4.57 Å². The maximum atomic E-state index is 12.7. The molecule has 0 spiro atoms. The molecule has 0 radical (unpaired) electrons. The lowest BCUT2D eigenvalue weighted by Crippen LogP contribution is -2.31. The van der Waals surface area contributed by atoms with Gasteiger partial charge in [-0.2, -0.15) is 0 Å². The fourth-order valence-corrected chi connectivity index (χ4v) is 3.79. The van der Waals surface area contributed by atoms with E-state index in [0.29, 0.717) is 5.56 Å². The van der Waals surface area contributed by atoms with Crippen LogP contribution in [0.4, 0.5) is 0 Å². The minimum absolute atomic E-state index is 0.0460. The Balaban J connectivity index is 2.22. The summed E-state index contributed by atoms with van der Waals surface area (Å²) >= 11 is 6.64. The molecule has 0 bridgehead atoms. The van der Waals surface area contributed by atoms with E-state index in [0.717, 1.165) is 23.4 Å². The van der Waals surface area contributed by atoms with E-state index in [9.17, 15) is 4.79 Å². The first-order valence-electron chi connectivity index (χ1n) is 6.77. The maximum absolute atomic E-state index is 12.7. The molecule has 5 heteroatoms. The van der Waals surface area contributed by atoms with Crippen LogP contribution in [0.15, 0.2) is 34.4 Å². The topological polar surface area (TPSA) is 48.0 Å². The predicted molar refractivity (Wildman–Crippen MR) is 87.4 cm³/mol. The highest BCUT2D eigenvalue weighted by molar-refractivity contribution is 7.80. The molecule has 1 fully saturated rings. The number of pyridine rings is 1. The third kappa shape index (κ3) is 2.31. The Bertz CT molecular complexity index is 682. The number of rotatable bonds is 3. The number of thiophene rings is 1. The van der Waals surface area contributed by atoms with Gasteiger partial charge in [0.05, 0.1) is 16.1 Å². The Labute approximate surface area is 127 Å². The molecule has 20 heavy (non-hydrogen) atoms. The summed E-state index contributed by atoms with van der Waals surface area (Å²) < 4.78 is 1.91. The van der Waals surface area contributed by atoms with Gasteiger partial charge in [0.25, 0.3) is 5.56 Å². The van der Waals surface area contributed by atoms with Crippen LogP contribution in [0.2, 0.25) is 0 Å². The Morgan fingerprint density at radius 3 is 2.65 bits per heavy atom. The molecule has 0 saturated heterocycles. The first-order valence-corrected chi connectivity index (χ1v) is 8.06. The van der Waals surface area contributed by atoms with E-state index >= 15 is 0 Å². The minimum Gasteiger partial charge on any atom is -0.389 e. The van der Waals surface area contributed by atoms with Crippen molar-refractivity contribution in [2.75, 3.05) is 0 Å². The predicted octanol–water partition coefficient (Wildman–Crippen LogP) is 3.33. The zero-order valence-electron chi connectivity index (χ0n) is 11.0. The molecule has 2 aromatic heterocycles. The summed E-state index contributed by atoms with van der Waals surface area (Å²) in [5, 5.41) is 2.03. The molecule has 0 aliphatic heterocycles. The minimum atomic E-state index is -0.0460. The molecule has 1 aliphatic rings. The Morgan fingerprint density at radius 2 is 2.05 bits per heavy atom. The van der Waals surface area contributed by atoms with E-state index in [2.05, 4.69) is 0 Å². The van der Waals surface area contributed by atoms with Crippen LogP contribution in [0.1, 0.15) is 37.3 Å². The number of nitrogens with two attached hydrogens (primary N) is 1. The molecule has 3 rings (SSSR count). The van der Waals surface area contributed by atoms with Crippen LogP contribution in [0.25, 0.3) is 10.6 Å². The molecule has 1 saturated carbocycles. The summed E-state index contributed by atoms with van der Waals surface area (Å²) in [6, 6.07) is 8.05. The molecule has 104 valence electrons. The van der Waals surface area contributed by atoms with Gasteiger partial charge in [0, 0.05) is 6.04 Å². The van der Waals surface area contributed by atoms with E-state index in [1.165, 1.54) is 12.8 Å². The van der Waals surface area contributed by atoms with Crippen LogP contribution in [0.5, 0.6) is 0 Å². The molecule has 0 amide bonds. The Hall–Kier alpha value is -1.46. The normalized spacial score (nSPS) is 15.6. The molecular formula is C15H16N2OS2. The van der Waals surface area contributed by atoms with Crippen LogP contribution >= 0.6 is 23.6 Å². The zero-order chi connectivity index (χ0) is 14.1. The number of nitrogens with zero attached hydrogens (tertiary/aromatic N) is 1. The molecular weight excluding hydrogens is 288 g/mol. The van der Waals surface area contributed by atoms with Crippen molar-refractivity contribution in [3.05, 3.63) is 45.6 Å². The maximum Gasteiger partial charge on any atom is 0.261 e. The van der Waals surface area contributed by atoms with Gasteiger partial charge in [-0.15, -0.1) is 11.3 Å². The van der Waals surface area contributed by atoms with Crippen LogP contribution in [-0.4, -0.2) is 9.56 Å². The summed E-state index contributed by atoms with van der Waals surface area (Å²) in [5.74, 6) is 0. The van der Waals surface area contributed by atoms with E-state index in [4.69, 9.17) is 18.0 Å². The Morgan fingerprint density at radius 1 is 1.30 bits per heavy atom. The summed E-state index contributed by atoms with van der Waals surface area (Å²) in [6.45, 7) is 0. The first kappa shape index (κ1) is 13.5. The molecule has 0 unspecified atom stereocenters. The number of aromatic nitrogens is 1. The van der Waals surface area contributed by atoms with Gasteiger partial charge in [-0.1, -0.05) is 31.1 Å². The highest BCUT2D eigenvalue weighted by Gasteiger charge is 2.23. The van der Waals surface area contributed by atoms with Crippen molar-refractivity contribution < 1.29 is 0 Å². The molecule has 3 nitrogen and oxygen atoms in total. The molecule has 2 heterocycles. The summed E-state index contributed by atoms with van der Waals surface area (Å²) in [5.41, 5.74) is 7.06. The van der Waals surface area contributed by atoms with Crippen molar-refractivity contribution in [1.29, 1.82) is 0 Å². The van der Waals surface area contributed by atoms with Crippen molar-refractivity contribution in [2.24, 2.45) is 5.73 Å². The second kappa shape index (κ2) is 5.50. The Kier molecular flexibility index (Phi) is 3.72. The van der Waals surface area contributed by atoms with Crippen molar-refractivity contribution in [3.8, 4) is 10.6 Å². The van der Waals surface area contributed by atoms with Crippen LogP contribution < -0.4 is 11.3 Å². The molecule has 2 aromatic rings. The lowest BCUT2D eigenvalue weighted by Gasteiger charge is -2.19. The van der Waals surface area contributed by atoms with Crippen LogP contribution in [0, 0.1) is 0 Å². The molecule has 0 aromatic carbocycles. The summed E-state index contributed by atoms with van der Waals surface area (Å²) in [7, 11) is 0. The molecule has 2 N–H and O–H groups in total. The second-order valence-electron chi connectivity index (χ2n) is 5.09. The van der Waals surface area contributed by atoms with Gasteiger partial charge in [0.1, 0.15) is 4.99 Å². The standard InChI is InChI=1S/C15H16N2OS2/c16-14(19)11-7-8-12(13-6-3-9-20-13)17(15(11)18)10-4-1-2-5-10/h3,6-10H,1-2,4-5H2,(H2,16,19). The zero-order valence-corrected chi connectivity index (χ0v) is 12.7. The van der Waals surface area contributed by atoms with Crippen molar-refractivity contribution >= 4 is 28.5 Å². The highest BCUT2D eigenvalue weighted by atomic mass is 32.1. The SMILES string of the molecule is NC(=S)c1ccc(-c2cccs2)n(C2CCCC2)c1=O. The average Bonchev–Trinajstić information content (AvgIpc) is 3.11. The highest BCUT2D eigenvalue weighted by Crippen LogP contribution is 2.33. The smallest absolute Gasteiger partial charge is 0.261 e. The third-order valence-corrected chi connectivity index (χ3v) is 4.96. The van der Waals surface area contributed by atoms with Gasteiger partial charge >= 0.3 is 0 Å². The van der Waals surface area contributed by atoms with E-state index in [1.54, 1.807) is 17.4 Å². The summed E-state index contributed by atoms with van der Waals surface area (Å²) in [6.07, 6.45) is 4.47. The fraction of sp³-hybridized carbons (Fsp3) is 0.333. The molecule has 1 aliphatic carbocycles. The van der Waals surface area contributed by atoms with Gasteiger partial charge < -0.3 is 10.3 Å². The van der Waals surface area contributed by atoms with E-state index in [-0.39, 0.29) is 16.6 Å². The fourth-order valence-electron chi connectivity index (χ4n) is 2.89. The lowest BCUT2D eigenvalue weighted by molar-refractivity contribution is 0.508. The third-order valence-electron chi connectivity index (χ3n) is 3.85. The van der Waals surface area contributed by atoms with Crippen LogP contribution in [0.3, 0.4) is 0 Å². The van der Waals surface area contributed by atoms with Gasteiger partial charge in [-0.05, 0) is 36.4 Å². The van der Waals surface area contributed by atoms with Gasteiger partial charge in [-0.3, -0.25) is 4.79 Å². The second-order valence-corrected chi connectivity index (χ2v) is 6.47. The van der Waals surface area contributed by atoms with Gasteiger partial charge in [-0.25, -0.2) is 0 Å². The van der Waals surface area contributed by atoms with Crippen molar-refractivity contribution in [3.63, 3.8) is 0 Å². The van der Waals surface area contributed by atoms with Gasteiger partial charge in [0.15, 0.2) is 0 Å². The first-order chi connectivity index (χ1) is 9.68. The van der Waals surface area contributed by atoms with E-state index < -0.39 is 0 Å². The monoisotopic (exact) mass is 304 g/mol. The lowest BCUT2D eigenvalue weighted by atomic mass is 10.1. The summed E-state index contributed by atoms with van der Waals surface area (Å²) in [4.78, 5) is 14.0. The quantitative estimate of drug-likeness (QED) is 0.885. The van der Waals surface area contributed by atoms with E-state index in [1.807, 2.05) is 28.1 Å². The van der Waals surface area contributed by atoms with Crippen LogP contribution in [-0.2, 0) is 0 Å². The molecule has 0 atom stereocenters.